The van der Waals surface area contributed by atoms with Crippen molar-refractivity contribution < 1.29 is 19.1 Å². The van der Waals surface area contributed by atoms with Gasteiger partial charge in [-0.3, -0.25) is 14.4 Å². The number of rotatable bonds is 5. The zero-order valence-electron chi connectivity index (χ0n) is 20.0. The first-order valence-corrected chi connectivity index (χ1v) is 11.9. The van der Waals surface area contributed by atoms with Crippen molar-refractivity contribution in [1.82, 2.24) is 4.90 Å². The fourth-order valence-corrected chi connectivity index (χ4v) is 5.70. The summed E-state index contributed by atoms with van der Waals surface area (Å²) in [6, 6.07) is 11.3. The summed E-state index contributed by atoms with van der Waals surface area (Å²) in [5.74, 6) is 0.484. The molecule has 1 aliphatic heterocycles. The molecular formula is C28H33NO4. The standard InChI is InChI=1S/C28H33NO4/c1-17-13-18(2)25(19(3)14-17)26-24(30)16-22(27(26)31)15-20-9-11-29(12-10-20)28(32)21-5-7-23(33-4)8-6-21/h5-8,13-14,20,22,26H,9-12,15-16H2,1-4H3. The van der Waals surface area contributed by atoms with Gasteiger partial charge in [0.05, 0.1) is 7.11 Å². The maximum atomic E-state index is 13.3. The van der Waals surface area contributed by atoms with Gasteiger partial charge >= 0.3 is 0 Å². The molecule has 0 spiro atoms. The zero-order valence-corrected chi connectivity index (χ0v) is 20.0. The van der Waals surface area contributed by atoms with E-state index in [9.17, 15) is 14.4 Å². The van der Waals surface area contributed by atoms with Gasteiger partial charge in [-0.15, -0.1) is 0 Å². The zero-order chi connectivity index (χ0) is 23.7. The summed E-state index contributed by atoms with van der Waals surface area (Å²) in [5.41, 5.74) is 4.80. The number of piperidine rings is 1. The van der Waals surface area contributed by atoms with E-state index in [2.05, 4.69) is 12.1 Å². The third-order valence-electron chi connectivity index (χ3n) is 7.34. The molecule has 0 N–H and O–H groups in total. The SMILES string of the molecule is COc1ccc(C(=O)N2CCC(CC3CC(=O)C(c4c(C)cc(C)cc4C)C3=O)CC2)cc1. The number of ether oxygens (including phenoxy) is 1. The molecule has 2 atom stereocenters. The molecule has 2 fully saturated rings. The highest BCUT2D eigenvalue weighted by Gasteiger charge is 2.44. The number of hydrogen-bond acceptors (Lipinski definition) is 4. The Morgan fingerprint density at radius 3 is 2.18 bits per heavy atom. The Balaban J connectivity index is 1.36. The van der Waals surface area contributed by atoms with Crippen LogP contribution in [0.2, 0.25) is 0 Å². The van der Waals surface area contributed by atoms with Crippen LogP contribution in [-0.4, -0.2) is 42.6 Å². The fourth-order valence-electron chi connectivity index (χ4n) is 5.70. The normalized spacial score (nSPS) is 21.5. The van der Waals surface area contributed by atoms with Gasteiger partial charge in [-0.05, 0) is 86.9 Å². The molecule has 0 bridgehead atoms. The van der Waals surface area contributed by atoms with Gasteiger partial charge in [-0.25, -0.2) is 0 Å². The third kappa shape index (κ3) is 4.73. The highest BCUT2D eigenvalue weighted by Crippen LogP contribution is 2.40. The molecule has 2 unspecified atom stereocenters. The predicted octanol–water partition coefficient (Wildman–Crippen LogP) is 4.80. The maximum Gasteiger partial charge on any atom is 0.253 e. The maximum absolute atomic E-state index is 13.3. The minimum atomic E-state index is -0.604. The first-order valence-electron chi connectivity index (χ1n) is 11.9. The second kappa shape index (κ2) is 9.50. The third-order valence-corrected chi connectivity index (χ3v) is 7.34. The van der Waals surface area contributed by atoms with Crippen LogP contribution in [0.5, 0.6) is 5.75 Å². The first kappa shape index (κ1) is 23.2. The summed E-state index contributed by atoms with van der Waals surface area (Å²) in [5, 5.41) is 0. The number of Topliss-reactive ketones (excluding diaryl/α,β-unsaturated/α-hetero) is 2. The Morgan fingerprint density at radius 1 is 1.00 bits per heavy atom. The smallest absolute Gasteiger partial charge is 0.253 e. The van der Waals surface area contributed by atoms with E-state index in [0.717, 1.165) is 47.3 Å². The molecule has 0 aromatic heterocycles. The monoisotopic (exact) mass is 447 g/mol. The summed E-state index contributed by atoms with van der Waals surface area (Å²) in [4.78, 5) is 40.9. The molecule has 5 nitrogen and oxygen atoms in total. The fraction of sp³-hybridized carbons (Fsp3) is 0.464. The average Bonchev–Trinajstić information content (AvgIpc) is 3.06. The van der Waals surface area contributed by atoms with E-state index < -0.39 is 5.92 Å². The predicted molar refractivity (Wildman–Crippen MR) is 128 cm³/mol. The van der Waals surface area contributed by atoms with Crippen molar-refractivity contribution in [3.8, 4) is 5.75 Å². The highest BCUT2D eigenvalue weighted by atomic mass is 16.5. The summed E-state index contributed by atoms with van der Waals surface area (Å²) < 4.78 is 5.17. The number of nitrogens with zero attached hydrogens (tertiary/aromatic N) is 1. The largest absolute Gasteiger partial charge is 0.497 e. The molecule has 2 aromatic carbocycles. The Hall–Kier alpha value is -2.95. The van der Waals surface area contributed by atoms with Crippen molar-refractivity contribution in [2.24, 2.45) is 11.8 Å². The van der Waals surface area contributed by atoms with E-state index in [4.69, 9.17) is 4.74 Å². The molecule has 1 heterocycles. The van der Waals surface area contributed by atoms with E-state index >= 15 is 0 Å². The number of carbonyl (C=O) groups excluding carboxylic acids is 3. The van der Waals surface area contributed by atoms with Crippen LogP contribution in [0.15, 0.2) is 36.4 Å². The van der Waals surface area contributed by atoms with Gasteiger partial charge in [0, 0.05) is 31.0 Å². The minimum Gasteiger partial charge on any atom is -0.497 e. The van der Waals surface area contributed by atoms with Crippen LogP contribution in [0.25, 0.3) is 0 Å². The number of methoxy groups -OCH3 is 1. The Bertz CT molecular complexity index is 1040. The molecule has 4 rings (SSSR count). The lowest BCUT2D eigenvalue weighted by Crippen LogP contribution is -2.39. The summed E-state index contributed by atoms with van der Waals surface area (Å²) >= 11 is 0. The van der Waals surface area contributed by atoms with E-state index in [-0.39, 0.29) is 23.4 Å². The lowest BCUT2D eigenvalue weighted by Gasteiger charge is -2.33. The number of likely N-dealkylation sites (tertiary alicyclic amines) is 1. The molecule has 2 aliphatic rings. The van der Waals surface area contributed by atoms with Gasteiger partial charge in [0.25, 0.3) is 5.91 Å². The molecule has 2 aromatic rings. The quantitative estimate of drug-likeness (QED) is 0.618. The molecule has 5 heteroatoms. The van der Waals surface area contributed by atoms with E-state index in [1.165, 1.54) is 0 Å². The van der Waals surface area contributed by atoms with E-state index in [1.54, 1.807) is 31.4 Å². The van der Waals surface area contributed by atoms with Crippen molar-refractivity contribution in [3.63, 3.8) is 0 Å². The minimum absolute atomic E-state index is 0.0357. The van der Waals surface area contributed by atoms with Crippen molar-refractivity contribution in [2.45, 2.75) is 52.4 Å². The van der Waals surface area contributed by atoms with Crippen LogP contribution < -0.4 is 4.74 Å². The van der Waals surface area contributed by atoms with Crippen LogP contribution in [-0.2, 0) is 9.59 Å². The molecule has 33 heavy (non-hydrogen) atoms. The number of carbonyl (C=O) groups is 3. The van der Waals surface area contributed by atoms with Crippen molar-refractivity contribution in [1.29, 1.82) is 0 Å². The first-order chi connectivity index (χ1) is 15.8. The number of hydrogen-bond donors (Lipinski definition) is 0. The summed E-state index contributed by atoms with van der Waals surface area (Å²) in [6.45, 7) is 7.40. The molecule has 1 saturated heterocycles. The Labute approximate surface area is 196 Å². The molecule has 1 aliphatic carbocycles. The van der Waals surface area contributed by atoms with Crippen LogP contribution in [0.4, 0.5) is 0 Å². The van der Waals surface area contributed by atoms with Crippen molar-refractivity contribution in [3.05, 3.63) is 64.2 Å². The number of aryl methyl sites for hydroxylation is 3. The van der Waals surface area contributed by atoms with Gasteiger partial charge in [0.1, 0.15) is 17.5 Å². The van der Waals surface area contributed by atoms with Crippen molar-refractivity contribution >= 4 is 17.5 Å². The second-order valence-corrected chi connectivity index (χ2v) is 9.71. The number of ketones is 2. The van der Waals surface area contributed by atoms with E-state index in [0.29, 0.717) is 31.0 Å². The number of benzene rings is 2. The topological polar surface area (TPSA) is 63.7 Å². The van der Waals surface area contributed by atoms with Crippen LogP contribution in [0.1, 0.15) is 64.2 Å². The van der Waals surface area contributed by atoms with Gasteiger partial charge in [-0.1, -0.05) is 17.7 Å². The summed E-state index contributed by atoms with van der Waals surface area (Å²) in [6.07, 6.45) is 2.83. The van der Waals surface area contributed by atoms with Gasteiger partial charge < -0.3 is 9.64 Å². The van der Waals surface area contributed by atoms with Crippen LogP contribution in [0.3, 0.4) is 0 Å². The molecule has 1 amide bonds. The van der Waals surface area contributed by atoms with Gasteiger partial charge in [-0.2, -0.15) is 0 Å². The molecule has 0 radical (unpaired) electrons. The molecular weight excluding hydrogens is 414 g/mol. The Kier molecular flexibility index (Phi) is 6.68. The lowest BCUT2D eigenvalue weighted by atomic mass is 9.83. The second-order valence-electron chi connectivity index (χ2n) is 9.71. The van der Waals surface area contributed by atoms with Crippen molar-refractivity contribution in [2.75, 3.05) is 20.2 Å². The molecule has 174 valence electrons. The van der Waals surface area contributed by atoms with E-state index in [1.807, 2.05) is 25.7 Å². The van der Waals surface area contributed by atoms with Gasteiger partial charge in [0.15, 0.2) is 5.78 Å². The van der Waals surface area contributed by atoms with Gasteiger partial charge in [0.2, 0.25) is 0 Å². The number of amides is 1. The molecule has 1 saturated carbocycles. The summed E-state index contributed by atoms with van der Waals surface area (Å²) in [7, 11) is 1.61. The highest BCUT2D eigenvalue weighted by molar-refractivity contribution is 6.15. The lowest BCUT2D eigenvalue weighted by molar-refractivity contribution is -0.125. The average molecular weight is 448 g/mol. The van der Waals surface area contributed by atoms with Crippen LogP contribution >= 0.6 is 0 Å². The van der Waals surface area contributed by atoms with Crippen LogP contribution in [0, 0.1) is 32.6 Å². The Morgan fingerprint density at radius 2 is 1.61 bits per heavy atom.